The Kier molecular flexibility index (Phi) is 3.19. The van der Waals surface area contributed by atoms with E-state index in [-0.39, 0.29) is 28.4 Å². The van der Waals surface area contributed by atoms with E-state index < -0.39 is 22.9 Å². The maximum absolute atomic E-state index is 13.3. The Bertz CT molecular complexity index is 615. The second kappa shape index (κ2) is 4.63. The van der Waals surface area contributed by atoms with E-state index in [4.69, 9.17) is 0 Å². The SMILES string of the molecule is C[C@@]12CC[C@]3(C1)C(=O)C[C@@H]1[C@](C)(C(=O)O)CCC[C@@]1(C)C3[C@@H](O)C2. The highest BCUT2D eigenvalue weighted by molar-refractivity contribution is 5.89. The molecule has 0 aromatic heterocycles. The minimum Gasteiger partial charge on any atom is -0.481 e. The fraction of sp³-hybridized carbons (Fsp3) is 0.900. The van der Waals surface area contributed by atoms with E-state index in [0.29, 0.717) is 12.8 Å². The molecule has 4 fully saturated rings. The van der Waals surface area contributed by atoms with Crippen molar-refractivity contribution in [1.82, 2.24) is 0 Å². The van der Waals surface area contributed by atoms with E-state index in [2.05, 4.69) is 13.8 Å². The summed E-state index contributed by atoms with van der Waals surface area (Å²) >= 11 is 0. The van der Waals surface area contributed by atoms with Gasteiger partial charge < -0.3 is 10.2 Å². The number of carbonyl (C=O) groups is 2. The molecule has 2 bridgehead atoms. The Hall–Kier alpha value is -0.900. The topological polar surface area (TPSA) is 74.6 Å². The molecule has 4 heteroatoms. The number of Topliss-reactive ketones (excluding diaryl/α,β-unsaturated/α-hetero) is 1. The monoisotopic (exact) mass is 334 g/mol. The van der Waals surface area contributed by atoms with Crippen molar-refractivity contribution in [1.29, 1.82) is 0 Å². The molecule has 4 saturated carbocycles. The molecule has 0 heterocycles. The smallest absolute Gasteiger partial charge is 0.309 e. The number of hydrogen-bond acceptors (Lipinski definition) is 3. The van der Waals surface area contributed by atoms with Crippen molar-refractivity contribution in [2.45, 2.75) is 78.2 Å². The second-order valence-electron chi connectivity index (χ2n) is 10.2. The van der Waals surface area contributed by atoms with Crippen molar-refractivity contribution < 1.29 is 19.8 Å². The molecule has 134 valence electrons. The zero-order valence-corrected chi connectivity index (χ0v) is 15.1. The maximum atomic E-state index is 13.3. The van der Waals surface area contributed by atoms with E-state index in [1.165, 1.54) is 0 Å². The fourth-order valence-electron chi connectivity index (χ4n) is 7.76. The summed E-state index contributed by atoms with van der Waals surface area (Å²) in [7, 11) is 0. The molecule has 24 heavy (non-hydrogen) atoms. The summed E-state index contributed by atoms with van der Waals surface area (Å²) in [5.74, 6) is -0.750. The zero-order chi connectivity index (χ0) is 17.5. The molecule has 1 spiro atoms. The lowest BCUT2D eigenvalue weighted by molar-refractivity contribution is -0.203. The van der Waals surface area contributed by atoms with Crippen LogP contribution in [0.3, 0.4) is 0 Å². The van der Waals surface area contributed by atoms with Gasteiger partial charge in [0.15, 0.2) is 0 Å². The first-order valence-electron chi connectivity index (χ1n) is 9.52. The lowest BCUT2D eigenvalue weighted by Gasteiger charge is -2.64. The van der Waals surface area contributed by atoms with Crippen molar-refractivity contribution in [3.8, 4) is 0 Å². The molecule has 0 aromatic rings. The van der Waals surface area contributed by atoms with Crippen molar-refractivity contribution in [2.75, 3.05) is 0 Å². The van der Waals surface area contributed by atoms with Crippen LogP contribution in [0.15, 0.2) is 0 Å². The third kappa shape index (κ3) is 1.79. The predicted octanol–water partition coefficient (Wildman–Crippen LogP) is 3.41. The van der Waals surface area contributed by atoms with Gasteiger partial charge in [0.1, 0.15) is 5.78 Å². The number of fused-ring (bicyclic) bond motifs is 3. The molecule has 2 N–H and O–H groups in total. The highest BCUT2D eigenvalue weighted by Gasteiger charge is 2.71. The average molecular weight is 334 g/mol. The van der Waals surface area contributed by atoms with Crippen molar-refractivity contribution in [3.05, 3.63) is 0 Å². The summed E-state index contributed by atoms with van der Waals surface area (Å²) in [4.78, 5) is 25.4. The maximum Gasteiger partial charge on any atom is 0.309 e. The van der Waals surface area contributed by atoms with Crippen molar-refractivity contribution in [2.24, 2.45) is 33.5 Å². The van der Waals surface area contributed by atoms with Crippen LogP contribution in [0.4, 0.5) is 0 Å². The van der Waals surface area contributed by atoms with Gasteiger partial charge >= 0.3 is 5.97 Å². The minimum atomic E-state index is -0.844. The van der Waals surface area contributed by atoms with Crippen LogP contribution < -0.4 is 0 Å². The third-order valence-corrected chi connectivity index (χ3v) is 8.72. The van der Waals surface area contributed by atoms with E-state index in [9.17, 15) is 19.8 Å². The largest absolute Gasteiger partial charge is 0.481 e. The highest BCUT2D eigenvalue weighted by atomic mass is 16.4. The molecule has 4 rings (SSSR count). The van der Waals surface area contributed by atoms with Crippen LogP contribution >= 0.6 is 0 Å². The third-order valence-electron chi connectivity index (χ3n) is 8.72. The molecule has 0 aliphatic heterocycles. The summed E-state index contributed by atoms with van der Waals surface area (Å²) in [5, 5.41) is 21.0. The van der Waals surface area contributed by atoms with E-state index >= 15 is 0 Å². The van der Waals surface area contributed by atoms with Crippen LogP contribution in [-0.4, -0.2) is 28.1 Å². The van der Waals surface area contributed by atoms with Gasteiger partial charge in [0.2, 0.25) is 0 Å². The van der Waals surface area contributed by atoms with Gasteiger partial charge in [-0.25, -0.2) is 0 Å². The van der Waals surface area contributed by atoms with Crippen LogP contribution in [0.25, 0.3) is 0 Å². The van der Waals surface area contributed by atoms with Gasteiger partial charge in [0.25, 0.3) is 0 Å². The lowest BCUT2D eigenvalue weighted by atomic mass is 9.39. The summed E-state index contributed by atoms with van der Waals surface area (Å²) in [5.41, 5.74) is -1.40. The molecule has 0 saturated heterocycles. The summed E-state index contributed by atoms with van der Waals surface area (Å²) in [6, 6.07) is 0. The molecule has 0 radical (unpaired) electrons. The van der Waals surface area contributed by atoms with Crippen LogP contribution in [0.1, 0.15) is 72.1 Å². The molecule has 4 nitrogen and oxygen atoms in total. The summed E-state index contributed by atoms with van der Waals surface area (Å²) in [6.45, 7) is 6.23. The number of aliphatic carboxylic acids is 1. The number of ketones is 1. The van der Waals surface area contributed by atoms with Crippen molar-refractivity contribution in [3.63, 3.8) is 0 Å². The summed E-state index contributed by atoms with van der Waals surface area (Å²) in [6.07, 6.45) is 5.93. The molecule has 4 aliphatic rings. The standard InChI is InChI=1S/C20H30O4/c1-17-7-8-20(11-17)14(22)9-13-18(2,15(20)12(21)10-17)5-4-6-19(13,3)16(23)24/h12-13,15,21H,4-11H2,1-3H3,(H,23,24)/t12-,13-,15?,17-,18+,19+,20-/m0/s1. The molecule has 1 unspecified atom stereocenters. The van der Waals surface area contributed by atoms with Gasteiger partial charge in [0.05, 0.1) is 11.5 Å². The number of aliphatic hydroxyl groups is 1. The zero-order valence-electron chi connectivity index (χ0n) is 15.1. The molecular formula is C20H30O4. The number of carbonyl (C=O) groups excluding carboxylic acids is 1. The van der Waals surface area contributed by atoms with Crippen LogP contribution in [0, 0.1) is 33.5 Å². The Balaban J connectivity index is 1.84. The van der Waals surface area contributed by atoms with Crippen LogP contribution in [0.5, 0.6) is 0 Å². The van der Waals surface area contributed by atoms with Crippen LogP contribution in [0.2, 0.25) is 0 Å². The number of rotatable bonds is 1. The molecule has 4 aliphatic carbocycles. The second-order valence-corrected chi connectivity index (χ2v) is 10.2. The number of carboxylic acids is 1. The highest BCUT2D eigenvalue weighted by Crippen LogP contribution is 2.72. The average Bonchev–Trinajstić information content (AvgIpc) is 2.74. The normalized spacial score (nSPS) is 56.5. The number of hydrogen-bond donors (Lipinski definition) is 2. The molecule has 0 amide bonds. The first-order chi connectivity index (χ1) is 11.1. The molecule has 0 aromatic carbocycles. The Morgan fingerprint density at radius 3 is 2.50 bits per heavy atom. The van der Waals surface area contributed by atoms with Gasteiger partial charge in [-0.2, -0.15) is 0 Å². The summed E-state index contributed by atoms with van der Waals surface area (Å²) < 4.78 is 0. The van der Waals surface area contributed by atoms with Gasteiger partial charge in [-0.05, 0) is 62.2 Å². The van der Waals surface area contributed by atoms with Crippen molar-refractivity contribution >= 4 is 11.8 Å². The van der Waals surface area contributed by atoms with Gasteiger partial charge in [-0.15, -0.1) is 0 Å². The van der Waals surface area contributed by atoms with Gasteiger partial charge in [-0.3, -0.25) is 9.59 Å². The Morgan fingerprint density at radius 2 is 1.83 bits per heavy atom. The van der Waals surface area contributed by atoms with E-state index in [0.717, 1.165) is 38.5 Å². The first-order valence-corrected chi connectivity index (χ1v) is 9.52. The quantitative estimate of drug-likeness (QED) is 0.770. The predicted molar refractivity (Wildman–Crippen MR) is 89.3 cm³/mol. The fourth-order valence-corrected chi connectivity index (χ4v) is 7.76. The lowest BCUT2D eigenvalue weighted by Crippen LogP contribution is -2.65. The van der Waals surface area contributed by atoms with E-state index in [1.807, 2.05) is 6.92 Å². The Morgan fingerprint density at radius 1 is 1.12 bits per heavy atom. The minimum absolute atomic E-state index is 0.0641. The van der Waals surface area contributed by atoms with E-state index in [1.54, 1.807) is 0 Å². The van der Waals surface area contributed by atoms with Gasteiger partial charge in [-0.1, -0.05) is 20.3 Å². The molecule has 7 atom stereocenters. The van der Waals surface area contributed by atoms with Gasteiger partial charge in [0, 0.05) is 17.8 Å². The number of carboxylic acid groups (broad SMARTS) is 1. The number of aliphatic hydroxyl groups excluding tert-OH is 1. The first kappa shape index (κ1) is 16.6. The van der Waals surface area contributed by atoms with Crippen LogP contribution in [-0.2, 0) is 9.59 Å². The Labute approximate surface area is 144 Å². The molecular weight excluding hydrogens is 304 g/mol.